The molecule has 2 aliphatic heterocycles. The molecule has 4 heterocycles. The number of carbonyl (C=O) groups excluding carboxylic acids is 4. The standard InChI is InChI=1S/C38H46N6O8S2/c1-37(2,3)52-36(48)41-28-15-8-6-4-5-7-12-23-21-38(23,35(47)43-54(49,50)25-17-18-25)42-32(45)29-20-24(22-44(29)34(28)46)51-33-31(30-16-11-19-53-30)39-26-13-9-10-14-27(26)40-33/h7,9-14,16,19,23-25,28-29H,4-6,8,15,17-18,20-22H2,1-3H3,(H,41,48)(H,42,45)(H,43,47)/b12-7-/t23?,24-,28+,29+,38-/m1/s1. The Kier molecular flexibility index (Phi) is 10.4. The van der Waals surface area contributed by atoms with E-state index in [4.69, 9.17) is 19.4 Å². The topological polar surface area (TPSA) is 186 Å². The van der Waals surface area contributed by atoms with Crippen molar-refractivity contribution in [2.75, 3.05) is 6.54 Å². The maximum Gasteiger partial charge on any atom is 0.408 e. The summed E-state index contributed by atoms with van der Waals surface area (Å²) in [7, 11) is -3.89. The Morgan fingerprint density at radius 1 is 1.02 bits per heavy atom. The van der Waals surface area contributed by atoms with Crippen LogP contribution in [-0.2, 0) is 29.1 Å². The molecule has 16 heteroatoms. The highest BCUT2D eigenvalue weighted by atomic mass is 32.2. The van der Waals surface area contributed by atoms with Crippen LogP contribution in [0.15, 0.2) is 53.9 Å². The molecule has 1 unspecified atom stereocenters. The van der Waals surface area contributed by atoms with Gasteiger partial charge in [0.2, 0.25) is 27.7 Å². The number of thiophene rings is 1. The molecule has 1 saturated heterocycles. The number of benzene rings is 1. The van der Waals surface area contributed by atoms with Gasteiger partial charge >= 0.3 is 6.09 Å². The molecule has 3 fully saturated rings. The largest absolute Gasteiger partial charge is 0.471 e. The van der Waals surface area contributed by atoms with Gasteiger partial charge in [0.1, 0.15) is 35.0 Å². The number of carbonyl (C=O) groups is 4. The fraction of sp³-hybridized carbons (Fsp3) is 0.526. The van der Waals surface area contributed by atoms with Crippen molar-refractivity contribution in [2.45, 2.75) is 113 Å². The van der Waals surface area contributed by atoms with E-state index in [0.29, 0.717) is 48.8 Å². The first kappa shape index (κ1) is 37.7. The Hall–Kier alpha value is -4.57. The van der Waals surface area contributed by atoms with Crippen LogP contribution in [0.25, 0.3) is 21.6 Å². The molecule has 3 N–H and O–H groups in total. The molecule has 0 bridgehead atoms. The zero-order valence-electron chi connectivity index (χ0n) is 30.6. The number of para-hydroxylation sites is 2. The van der Waals surface area contributed by atoms with Crippen LogP contribution in [0.4, 0.5) is 4.79 Å². The van der Waals surface area contributed by atoms with Crippen LogP contribution in [0.5, 0.6) is 5.88 Å². The molecule has 4 aliphatic rings. The Balaban J connectivity index is 1.21. The van der Waals surface area contributed by atoms with Gasteiger partial charge in [-0.3, -0.25) is 19.1 Å². The predicted octanol–water partition coefficient (Wildman–Crippen LogP) is 4.60. The summed E-state index contributed by atoms with van der Waals surface area (Å²) in [6, 6.07) is 9.08. The van der Waals surface area contributed by atoms with Gasteiger partial charge in [0, 0.05) is 12.3 Å². The summed E-state index contributed by atoms with van der Waals surface area (Å²) in [6.07, 6.45) is 6.70. The fourth-order valence-electron chi connectivity index (χ4n) is 7.09. The van der Waals surface area contributed by atoms with E-state index >= 15 is 0 Å². The Morgan fingerprint density at radius 2 is 1.78 bits per heavy atom. The Labute approximate surface area is 318 Å². The van der Waals surface area contributed by atoms with Gasteiger partial charge in [-0.05, 0) is 82.9 Å². The minimum absolute atomic E-state index is 0.0274. The second-order valence-electron chi connectivity index (χ2n) is 15.5. The highest BCUT2D eigenvalue weighted by molar-refractivity contribution is 7.91. The number of nitrogens with zero attached hydrogens (tertiary/aromatic N) is 3. The molecule has 2 aromatic heterocycles. The van der Waals surface area contributed by atoms with E-state index in [1.807, 2.05) is 53.9 Å². The first-order valence-corrected chi connectivity index (χ1v) is 21.0. The van der Waals surface area contributed by atoms with Gasteiger partial charge < -0.3 is 25.0 Å². The number of nitrogens with one attached hydrogen (secondary N) is 3. The molecular formula is C38H46N6O8S2. The molecule has 4 amide bonds. The SMILES string of the molecule is CC(C)(C)OC(=O)N[C@H]1CCCCC/C=C\C2C[C@@]2(C(=O)NS(=O)(=O)C2CC2)NC(=O)[C@@H]2C[C@@H](Oc3nc4ccccc4nc3-c3cccs3)CN2C1=O. The predicted molar refractivity (Wildman–Crippen MR) is 202 cm³/mol. The average Bonchev–Trinajstić information content (AvgIpc) is 3.97. The third kappa shape index (κ3) is 8.38. The lowest BCUT2D eigenvalue weighted by Gasteiger charge is -2.30. The molecule has 54 heavy (non-hydrogen) atoms. The smallest absolute Gasteiger partial charge is 0.408 e. The fourth-order valence-corrected chi connectivity index (χ4v) is 9.16. The summed E-state index contributed by atoms with van der Waals surface area (Å²) in [5.74, 6) is -2.10. The van der Waals surface area contributed by atoms with E-state index in [1.54, 1.807) is 20.8 Å². The summed E-state index contributed by atoms with van der Waals surface area (Å²) in [5.41, 5.74) is -0.504. The molecule has 2 saturated carbocycles. The van der Waals surface area contributed by atoms with E-state index < -0.39 is 74.3 Å². The van der Waals surface area contributed by atoms with Crippen LogP contribution in [0.1, 0.15) is 78.6 Å². The first-order valence-electron chi connectivity index (χ1n) is 18.5. The lowest BCUT2D eigenvalue weighted by atomic mass is 10.0. The van der Waals surface area contributed by atoms with Crippen molar-refractivity contribution in [1.29, 1.82) is 0 Å². The number of amides is 4. The number of rotatable bonds is 7. The molecule has 1 aromatic carbocycles. The minimum Gasteiger partial charge on any atom is -0.471 e. The van der Waals surface area contributed by atoms with Gasteiger partial charge in [0.15, 0.2) is 0 Å². The monoisotopic (exact) mass is 778 g/mol. The number of hydrogen-bond acceptors (Lipinski definition) is 11. The zero-order chi connectivity index (χ0) is 38.3. The van der Waals surface area contributed by atoms with Gasteiger partial charge in [-0.2, -0.15) is 0 Å². The number of allylic oxidation sites excluding steroid dienone is 1. The Bertz CT molecular complexity index is 2060. The Morgan fingerprint density at radius 3 is 2.48 bits per heavy atom. The molecular weight excluding hydrogens is 733 g/mol. The van der Waals surface area contributed by atoms with Crippen molar-refractivity contribution in [3.63, 3.8) is 0 Å². The number of fused-ring (bicyclic) bond motifs is 3. The molecule has 288 valence electrons. The molecule has 2 aliphatic carbocycles. The van der Waals surface area contributed by atoms with E-state index in [2.05, 4.69) is 15.4 Å². The molecule has 7 rings (SSSR count). The summed E-state index contributed by atoms with van der Waals surface area (Å²) < 4.78 is 40.0. The van der Waals surface area contributed by atoms with Gasteiger partial charge in [-0.25, -0.2) is 23.2 Å². The second-order valence-corrected chi connectivity index (χ2v) is 18.4. The molecule has 5 atom stereocenters. The van der Waals surface area contributed by atoms with Gasteiger partial charge in [-0.1, -0.05) is 43.2 Å². The van der Waals surface area contributed by atoms with Crippen LogP contribution in [-0.4, -0.2) is 88.2 Å². The molecule has 0 radical (unpaired) electrons. The van der Waals surface area contributed by atoms with Crippen LogP contribution < -0.4 is 20.1 Å². The van der Waals surface area contributed by atoms with E-state index in [9.17, 15) is 27.6 Å². The third-order valence-electron chi connectivity index (χ3n) is 10.1. The van der Waals surface area contributed by atoms with Gasteiger partial charge in [0.25, 0.3) is 5.91 Å². The van der Waals surface area contributed by atoms with Crippen molar-refractivity contribution in [3.05, 3.63) is 53.9 Å². The van der Waals surface area contributed by atoms with E-state index in [-0.39, 0.29) is 25.3 Å². The molecule has 14 nitrogen and oxygen atoms in total. The molecule has 3 aromatic rings. The summed E-state index contributed by atoms with van der Waals surface area (Å²) in [5, 5.41) is 6.93. The highest BCUT2D eigenvalue weighted by Crippen LogP contribution is 2.46. The molecule has 0 spiro atoms. The zero-order valence-corrected chi connectivity index (χ0v) is 32.2. The maximum absolute atomic E-state index is 14.5. The van der Waals surface area contributed by atoms with Crippen molar-refractivity contribution < 1.29 is 37.1 Å². The summed E-state index contributed by atoms with van der Waals surface area (Å²) >= 11 is 1.47. The van der Waals surface area contributed by atoms with Crippen molar-refractivity contribution in [1.82, 2.24) is 30.2 Å². The third-order valence-corrected chi connectivity index (χ3v) is 12.8. The first-order chi connectivity index (χ1) is 25.7. The van der Waals surface area contributed by atoms with Crippen LogP contribution in [0.3, 0.4) is 0 Å². The van der Waals surface area contributed by atoms with Gasteiger partial charge in [-0.15, -0.1) is 11.3 Å². The number of sulfonamides is 1. The summed E-state index contributed by atoms with van der Waals surface area (Å²) in [4.78, 5) is 67.6. The van der Waals surface area contributed by atoms with E-state index in [1.165, 1.54) is 16.2 Å². The normalized spacial score (nSPS) is 27.1. The number of aromatic nitrogens is 2. The second kappa shape index (κ2) is 14.9. The van der Waals surface area contributed by atoms with Crippen molar-refractivity contribution in [2.24, 2.45) is 5.92 Å². The number of alkyl carbamates (subject to hydrolysis) is 1. The quantitative estimate of drug-likeness (QED) is 0.286. The van der Waals surface area contributed by atoms with Crippen molar-refractivity contribution in [3.8, 4) is 16.5 Å². The highest BCUT2D eigenvalue weighted by Gasteiger charge is 2.62. The van der Waals surface area contributed by atoms with Gasteiger partial charge in [0.05, 0.1) is 27.7 Å². The van der Waals surface area contributed by atoms with Crippen molar-refractivity contribution >= 4 is 56.2 Å². The minimum atomic E-state index is -3.89. The summed E-state index contributed by atoms with van der Waals surface area (Å²) in [6.45, 7) is 5.16. The lowest BCUT2D eigenvalue weighted by Crippen LogP contribution is -2.58. The average molecular weight is 779 g/mol. The maximum atomic E-state index is 14.5. The van der Waals surface area contributed by atoms with E-state index in [0.717, 1.165) is 17.7 Å². The van der Waals surface area contributed by atoms with Crippen LogP contribution in [0, 0.1) is 5.92 Å². The van der Waals surface area contributed by atoms with Crippen LogP contribution >= 0.6 is 11.3 Å². The van der Waals surface area contributed by atoms with Crippen LogP contribution in [0.2, 0.25) is 0 Å². The number of ether oxygens (including phenoxy) is 2. The lowest BCUT2D eigenvalue weighted by molar-refractivity contribution is -0.141. The number of hydrogen-bond donors (Lipinski definition) is 3.